The highest BCUT2D eigenvalue weighted by molar-refractivity contribution is 8.00. The van der Waals surface area contributed by atoms with Gasteiger partial charge in [0.05, 0.1) is 27.9 Å². The molecule has 0 fully saturated rings. The number of amides is 3. The molecule has 4 rings (SSSR count). The summed E-state index contributed by atoms with van der Waals surface area (Å²) >= 11 is 19.9. The molecule has 11 heteroatoms. The van der Waals surface area contributed by atoms with Crippen LogP contribution in [0.5, 0.6) is 5.75 Å². The third kappa shape index (κ3) is 8.53. The molecule has 0 spiro atoms. The molecule has 0 saturated carbocycles. The Bertz CT molecular complexity index is 1630. The molecular weight excluding hydrogens is 617 g/mol. The third-order valence-electron chi connectivity index (χ3n) is 5.73. The Hall–Kier alpha value is -3.95. The normalized spacial score (nSPS) is 11.0. The summed E-state index contributed by atoms with van der Waals surface area (Å²) in [7, 11) is 1.52. The summed E-state index contributed by atoms with van der Waals surface area (Å²) in [4.78, 5) is 39.3. The van der Waals surface area contributed by atoms with E-state index < -0.39 is 11.8 Å². The molecule has 7 nitrogen and oxygen atoms in total. The number of methoxy groups -OCH3 is 1. The summed E-state index contributed by atoms with van der Waals surface area (Å²) < 4.78 is 5.12. The van der Waals surface area contributed by atoms with E-state index in [0.717, 1.165) is 4.90 Å². The highest BCUT2D eigenvalue weighted by Gasteiger charge is 2.16. The van der Waals surface area contributed by atoms with Crippen LogP contribution in [0.2, 0.25) is 15.1 Å². The fraction of sp³-hybridized carbons (Fsp3) is 0.0645. The van der Waals surface area contributed by atoms with Crippen molar-refractivity contribution in [3.8, 4) is 5.75 Å². The van der Waals surface area contributed by atoms with Crippen LogP contribution in [0.1, 0.15) is 15.9 Å². The molecule has 0 radical (unpaired) electrons. The van der Waals surface area contributed by atoms with Gasteiger partial charge in [-0.2, -0.15) is 0 Å². The Balaban J connectivity index is 1.41. The first-order valence-electron chi connectivity index (χ1n) is 12.4. The number of carbonyl (C=O) groups excluding carboxylic acids is 3. The van der Waals surface area contributed by atoms with Crippen molar-refractivity contribution in [2.45, 2.75) is 4.90 Å². The Morgan fingerprint density at radius 2 is 1.52 bits per heavy atom. The maximum atomic E-state index is 13.3. The lowest BCUT2D eigenvalue weighted by atomic mass is 10.1. The van der Waals surface area contributed by atoms with Crippen molar-refractivity contribution in [1.82, 2.24) is 5.32 Å². The maximum Gasteiger partial charge on any atom is 0.272 e. The van der Waals surface area contributed by atoms with Crippen LogP contribution in [0, 0.1) is 0 Å². The van der Waals surface area contributed by atoms with Gasteiger partial charge in [0.15, 0.2) is 0 Å². The first-order chi connectivity index (χ1) is 20.2. The van der Waals surface area contributed by atoms with Crippen LogP contribution in [0.25, 0.3) is 6.08 Å². The van der Waals surface area contributed by atoms with Crippen LogP contribution in [0.15, 0.2) is 102 Å². The zero-order valence-corrected chi connectivity index (χ0v) is 25.2. The van der Waals surface area contributed by atoms with Crippen molar-refractivity contribution in [1.29, 1.82) is 0 Å². The van der Waals surface area contributed by atoms with Crippen LogP contribution in [0.4, 0.5) is 11.4 Å². The van der Waals surface area contributed by atoms with E-state index in [0.29, 0.717) is 38.3 Å². The minimum absolute atomic E-state index is 0.0261. The molecule has 42 heavy (non-hydrogen) atoms. The van der Waals surface area contributed by atoms with Gasteiger partial charge in [0.1, 0.15) is 11.4 Å². The van der Waals surface area contributed by atoms with Crippen LogP contribution in [0.3, 0.4) is 0 Å². The summed E-state index contributed by atoms with van der Waals surface area (Å²) in [6, 6.07) is 25.5. The molecule has 214 valence electrons. The lowest BCUT2D eigenvalue weighted by Crippen LogP contribution is -2.30. The second-order valence-corrected chi connectivity index (χ2v) is 10.9. The van der Waals surface area contributed by atoms with Gasteiger partial charge in [-0.1, -0.05) is 65.1 Å². The number of hydrogen-bond donors (Lipinski definition) is 3. The molecule has 4 aromatic carbocycles. The lowest BCUT2D eigenvalue weighted by Gasteiger charge is -2.12. The molecule has 0 aliphatic heterocycles. The summed E-state index contributed by atoms with van der Waals surface area (Å²) in [6.07, 6.45) is 1.46. The SMILES string of the molecule is COc1ccc(NC(=O)CSc2ccc(NC(=O)/C(=C/c3cccc(Cl)c3Cl)NC(=O)c3ccccc3)cc2)cc1Cl. The Morgan fingerprint density at radius 3 is 2.21 bits per heavy atom. The van der Waals surface area contributed by atoms with Gasteiger partial charge >= 0.3 is 0 Å². The molecule has 0 saturated heterocycles. The molecule has 3 N–H and O–H groups in total. The maximum absolute atomic E-state index is 13.3. The van der Waals surface area contributed by atoms with E-state index in [9.17, 15) is 14.4 Å². The van der Waals surface area contributed by atoms with Crippen molar-refractivity contribution in [2.75, 3.05) is 23.5 Å². The van der Waals surface area contributed by atoms with Gasteiger partial charge in [-0.15, -0.1) is 11.8 Å². The van der Waals surface area contributed by atoms with Crippen LogP contribution >= 0.6 is 46.6 Å². The minimum atomic E-state index is -0.562. The van der Waals surface area contributed by atoms with E-state index in [2.05, 4.69) is 16.0 Å². The van der Waals surface area contributed by atoms with Crippen molar-refractivity contribution in [3.63, 3.8) is 0 Å². The van der Waals surface area contributed by atoms with Gasteiger partial charge in [-0.25, -0.2) is 0 Å². The molecular formula is C31H24Cl3N3O4S. The number of thioether (sulfide) groups is 1. The Kier molecular flexibility index (Phi) is 10.9. The van der Waals surface area contributed by atoms with Gasteiger partial charge in [-0.05, 0) is 72.3 Å². The number of hydrogen-bond acceptors (Lipinski definition) is 5. The van der Waals surface area contributed by atoms with Gasteiger partial charge in [0.25, 0.3) is 11.8 Å². The molecule has 0 unspecified atom stereocenters. The van der Waals surface area contributed by atoms with Gasteiger partial charge in [0.2, 0.25) is 5.91 Å². The molecule has 0 aliphatic rings. The first-order valence-corrected chi connectivity index (χ1v) is 14.5. The number of benzene rings is 4. The zero-order valence-electron chi connectivity index (χ0n) is 22.1. The summed E-state index contributed by atoms with van der Waals surface area (Å²) in [5.41, 5.74) is 1.87. The molecule has 0 heterocycles. The predicted octanol–water partition coefficient (Wildman–Crippen LogP) is 7.80. The largest absolute Gasteiger partial charge is 0.495 e. The van der Waals surface area contributed by atoms with E-state index in [1.807, 2.05) is 0 Å². The smallest absolute Gasteiger partial charge is 0.272 e. The monoisotopic (exact) mass is 639 g/mol. The summed E-state index contributed by atoms with van der Waals surface area (Å²) in [5, 5.41) is 9.20. The number of halogens is 3. The predicted molar refractivity (Wildman–Crippen MR) is 171 cm³/mol. The number of nitrogens with one attached hydrogen (secondary N) is 3. The van der Waals surface area contributed by atoms with E-state index >= 15 is 0 Å². The highest BCUT2D eigenvalue weighted by atomic mass is 35.5. The van der Waals surface area contributed by atoms with Crippen molar-refractivity contribution in [2.24, 2.45) is 0 Å². The number of ether oxygens (including phenoxy) is 1. The summed E-state index contributed by atoms with van der Waals surface area (Å²) in [6.45, 7) is 0. The minimum Gasteiger partial charge on any atom is -0.495 e. The Morgan fingerprint density at radius 1 is 0.810 bits per heavy atom. The second-order valence-electron chi connectivity index (χ2n) is 8.69. The summed E-state index contributed by atoms with van der Waals surface area (Å²) in [5.74, 6) is -0.549. The molecule has 3 amide bonds. The first kappa shape index (κ1) is 31.0. The van der Waals surface area contributed by atoms with E-state index in [4.69, 9.17) is 39.5 Å². The lowest BCUT2D eigenvalue weighted by molar-refractivity contribution is -0.114. The van der Waals surface area contributed by atoms with E-state index in [1.54, 1.807) is 91.0 Å². The highest BCUT2D eigenvalue weighted by Crippen LogP contribution is 2.29. The van der Waals surface area contributed by atoms with Gasteiger partial charge in [0, 0.05) is 21.8 Å². The number of anilines is 2. The molecule has 0 bridgehead atoms. The van der Waals surface area contributed by atoms with Crippen LogP contribution in [-0.4, -0.2) is 30.6 Å². The van der Waals surface area contributed by atoms with Gasteiger partial charge in [-0.3, -0.25) is 14.4 Å². The molecule has 0 aliphatic carbocycles. The standard InChI is InChI=1S/C31H24Cl3N3O4S/c1-41-27-15-12-22(17-25(27)33)35-28(38)18-42-23-13-10-21(11-14-23)36-31(40)26(16-20-8-5-9-24(32)29(20)34)37-30(39)19-6-3-2-4-7-19/h2-17H,18H2,1H3,(H,35,38)(H,36,40)(H,37,39)/b26-16-. The van der Waals surface area contributed by atoms with Crippen molar-refractivity contribution in [3.05, 3.63) is 123 Å². The van der Waals surface area contributed by atoms with Crippen LogP contribution < -0.4 is 20.7 Å². The van der Waals surface area contributed by atoms with Crippen molar-refractivity contribution < 1.29 is 19.1 Å². The molecule has 0 atom stereocenters. The number of rotatable bonds is 10. The van der Waals surface area contributed by atoms with Crippen molar-refractivity contribution >= 4 is 81.7 Å². The van der Waals surface area contributed by atoms with Gasteiger partial charge < -0.3 is 20.7 Å². The molecule has 0 aromatic heterocycles. The van der Waals surface area contributed by atoms with E-state index in [-0.39, 0.29) is 22.4 Å². The average Bonchev–Trinajstić information content (AvgIpc) is 2.99. The topological polar surface area (TPSA) is 96.5 Å². The quantitative estimate of drug-likeness (QED) is 0.121. The fourth-order valence-corrected chi connectivity index (χ4v) is 4.97. The fourth-order valence-electron chi connectivity index (χ4n) is 3.65. The molecule has 4 aromatic rings. The van der Waals surface area contributed by atoms with Crippen LogP contribution in [-0.2, 0) is 9.59 Å². The average molecular weight is 641 g/mol. The van der Waals surface area contributed by atoms with E-state index in [1.165, 1.54) is 24.9 Å². The number of carbonyl (C=O) groups is 3. The third-order valence-corrected chi connectivity index (χ3v) is 7.87. The second kappa shape index (κ2) is 14.8. The Labute approximate surface area is 262 Å². The zero-order chi connectivity index (χ0) is 30.1.